The maximum absolute atomic E-state index is 8.95. The Hall–Kier alpha value is -2.73. The topological polar surface area (TPSA) is 48.8 Å². The standard InChI is InChI=1S/C18H16N2O/c1-13-15(10-11-19)16-8-5-9-17(18(16)20-13)21-12-14-6-3-2-4-7-14/h2-9,20H,10,12H2,1H3. The third kappa shape index (κ3) is 2.61. The Bertz CT molecular complexity index is 797. The van der Waals surface area contributed by atoms with Gasteiger partial charge >= 0.3 is 0 Å². The first-order valence-corrected chi connectivity index (χ1v) is 6.93. The highest BCUT2D eigenvalue weighted by atomic mass is 16.5. The summed E-state index contributed by atoms with van der Waals surface area (Å²) in [4.78, 5) is 3.34. The van der Waals surface area contributed by atoms with Crippen LogP contribution in [0, 0.1) is 18.3 Å². The molecule has 0 fully saturated rings. The molecule has 21 heavy (non-hydrogen) atoms. The first kappa shape index (κ1) is 13.3. The van der Waals surface area contributed by atoms with E-state index in [1.807, 2.05) is 55.5 Å². The lowest BCUT2D eigenvalue weighted by molar-refractivity contribution is 0.309. The van der Waals surface area contributed by atoms with Gasteiger partial charge in [0.2, 0.25) is 0 Å². The molecule has 0 saturated heterocycles. The highest BCUT2D eigenvalue weighted by Crippen LogP contribution is 2.30. The zero-order valence-electron chi connectivity index (χ0n) is 11.9. The zero-order valence-corrected chi connectivity index (χ0v) is 11.9. The number of hydrogen-bond donors (Lipinski definition) is 1. The number of hydrogen-bond acceptors (Lipinski definition) is 2. The molecule has 3 rings (SSSR count). The van der Waals surface area contributed by atoms with Crippen LogP contribution in [-0.2, 0) is 13.0 Å². The molecule has 0 aliphatic rings. The maximum atomic E-state index is 8.95. The Morgan fingerprint density at radius 1 is 1.10 bits per heavy atom. The molecule has 0 radical (unpaired) electrons. The third-order valence-electron chi connectivity index (χ3n) is 3.61. The van der Waals surface area contributed by atoms with Crippen LogP contribution in [0.15, 0.2) is 48.5 Å². The summed E-state index contributed by atoms with van der Waals surface area (Å²) in [6.07, 6.45) is 0.411. The van der Waals surface area contributed by atoms with E-state index in [1.54, 1.807) is 0 Å². The van der Waals surface area contributed by atoms with E-state index in [0.29, 0.717) is 13.0 Å². The van der Waals surface area contributed by atoms with E-state index in [4.69, 9.17) is 10.00 Å². The zero-order chi connectivity index (χ0) is 14.7. The molecule has 2 aromatic carbocycles. The number of nitrogens with zero attached hydrogens (tertiary/aromatic N) is 1. The Morgan fingerprint density at radius 2 is 1.90 bits per heavy atom. The number of benzene rings is 2. The predicted molar refractivity (Wildman–Crippen MR) is 83.1 cm³/mol. The van der Waals surface area contributed by atoms with Crippen molar-refractivity contribution in [3.8, 4) is 11.8 Å². The van der Waals surface area contributed by atoms with Gasteiger partial charge in [-0.25, -0.2) is 0 Å². The minimum absolute atomic E-state index is 0.411. The summed E-state index contributed by atoms with van der Waals surface area (Å²) in [5, 5.41) is 10.0. The van der Waals surface area contributed by atoms with Gasteiger partial charge in [-0.1, -0.05) is 42.5 Å². The summed E-state index contributed by atoms with van der Waals surface area (Å²) in [5.74, 6) is 0.823. The fraction of sp³-hybridized carbons (Fsp3) is 0.167. The quantitative estimate of drug-likeness (QED) is 0.779. The van der Waals surface area contributed by atoms with Crippen molar-refractivity contribution in [1.82, 2.24) is 4.98 Å². The van der Waals surface area contributed by atoms with Crippen molar-refractivity contribution in [3.05, 3.63) is 65.4 Å². The molecule has 0 saturated carbocycles. The summed E-state index contributed by atoms with van der Waals surface area (Å²) in [5.41, 5.74) is 4.19. The van der Waals surface area contributed by atoms with Gasteiger partial charge in [0, 0.05) is 11.1 Å². The van der Waals surface area contributed by atoms with E-state index < -0.39 is 0 Å². The number of nitriles is 1. The number of H-pyrrole nitrogens is 1. The van der Waals surface area contributed by atoms with Gasteiger partial charge in [-0.05, 0) is 24.1 Å². The first-order chi connectivity index (χ1) is 10.3. The third-order valence-corrected chi connectivity index (χ3v) is 3.61. The Kier molecular flexibility index (Phi) is 3.61. The molecule has 0 atom stereocenters. The molecule has 0 unspecified atom stereocenters. The van der Waals surface area contributed by atoms with Gasteiger partial charge in [-0.15, -0.1) is 0 Å². The largest absolute Gasteiger partial charge is 0.487 e. The number of para-hydroxylation sites is 1. The molecular formula is C18H16N2O. The molecule has 0 aliphatic heterocycles. The van der Waals surface area contributed by atoms with Gasteiger partial charge in [0.1, 0.15) is 12.4 Å². The molecular weight excluding hydrogens is 260 g/mol. The van der Waals surface area contributed by atoms with Crippen molar-refractivity contribution in [1.29, 1.82) is 5.26 Å². The van der Waals surface area contributed by atoms with Crippen molar-refractivity contribution >= 4 is 10.9 Å². The number of aromatic nitrogens is 1. The molecule has 1 heterocycles. The van der Waals surface area contributed by atoms with Crippen molar-refractivity contribution in [2.75, 3.05) is 0 Å². The van der Waals surface area contributed by atoms with Crippen LogP contribution in [0.5, 0.6) is 5.75 Å². The van der Waals surface area contributed by atoms with E-state index in [9.17, 15) is 0 Å². The number of aromatic amines is 1. The van der Waals surface area contributed by atoms with Crippen LogP contribution in [0.4, 0.5) is 0 Å². The second kappa shape index (κ2) is 5.72. The van der Waals surface area contributed by atoms with Crippen molar-refractivity contribution in [3.63, 3.8) is 0 Å². The summed E-state index contributed by atoms with van der Waals surface area (Å²) < 4.78 is 5.94. The smallest absolute Gasteiger partial charge is 0.143 e. The Balaban J connectivity index is 1.93. The highest BCUT2D eigenvalue weighted by Gasteiger charge is 2.11. The average molecular weight is 276 g/mol. The predicted octanol–water partition coefficient (Wildman–Crippen LogP) is 4.12. The van der Waals surface area contributed by atoms with E-state index >= 15 is 0 Å². The summed E-state index contributed by atoms with van der Waals surface area (Å²) >= 11 is 0. The van der Waals surface area contributed by atoms with Gasteiger partial charge in [0.05, 0.1) is 18.0 Å². The van der Waals surface area contributed by atoms with Crippen LogP contribution >= 0.6 is 0 Å². The van der Waals surface area contributed by atoms with Gasteiger partial charge < -0.3 is 9.72 Å². The van der Waals surface area contributed by atoms with Gasteiger partial charge in [-0.3, -0.25) is 0 Å². The minimum atomic E-state index is 0.411. The van der Waals surface area contributed by atoms with Crippen LogP contribution in [0.3, 0.4) is 0 Å². The Morgan fingerprint density at radius 3 is 2.67 bits per heavy atom. The van der Waals surface area contributed by atoms with Crippen LogP contribution in [0.1, 0.15) is 16.8 Å². The first-order valence-electron chi connectivity index (χ1n) is 6.93. The van der Waals surface area contributed by atoms with Gasteiger partial charge in [0.25, 0.3) is 0 Å². The summed E-state index contributed by atoms with van der Waals surface area (Å²) in [7, 11) is 0. The lowest BCUT2D eigenvalue weighted by Crippen LogP contribution is -1.95. The monoisotopic (exact) mass is 276 g/mol. The molecule has 3 aromatic rings. The molecule has 1 N–H and O–H groups in total. The number of fused-ring (bicyclic) bond motifs is 1. The van der Waals surface area contributed by atoms with Crippen molar-refractivity contribution in [2.45, 2.75) is 20.0 Å². The fourth-order valence-corrected chi connectivity index (χ4v) is 2.54. The van der Waals surface area contributed by atoms with Gasteiger partial charge in [-0.2, -0.15) is 5.26 Å². The van der Waals surface area contributed by atoms with E-state index in [-0.39, 0.29) is 0 Å². The Labute approximate surface area is 123 Å². The number of nitrogens with one attached hydrogen (secondary N) is 1. The normalized spacial score (nSPS) is 10.5. The maximum Gasteiger partial charge on any atom is 0.143 e. The molecule has 0 amide bonds. The average Bonchev–Trinajstić information content (AvgIpc) is 2.83. The van der Waals surface area contributed by atoms with Gasteiger partial charge in [0.15, 0.2) is 0 Å². The number of rotatable bonds is 4. The molecule has 104 valence electrons. The van der Waals surface area contributed by atoms with E-state index in [2.05, 4.69) is 11.1 Å². The molecule has 3 nitrogen and oxygen atoms in total. The molecule has 3 heteroatoms. The molecule has 0 bridgehead atoms. The number of ether oxygens (including phenoxy) is 1. The van der Waals surface area contributed by atoms with Crippen LogP contribution < -0.4 is 4.74 Å². The second-order valence-corrected chi connectivity index (χ2v) is 5.02. The summed E-state index contributed by atoms with van der Waals surface area (Å²) in [6, 6.07) is 18.3. The lowest BCUT2D eigenvalue weighted by Gasteiger charge is -2.07. The molecule has 0 aliphatic carbocycles. The summed E-state index contributed by atoms with van der Waals surface area (Å²) in [6.45, 7) is 2.53. The van der Waals surface area contributed by atoms with Crippen LogP contribution in [0.2, 0.25) is 0 Å². The van der Waals surface area contributed by atoms with Crippen LogP contribution in [0.25, 0.3) is 10.9 Å². The number of aryl methyl sites for hydroxylation is 1. The molecule has 0 spiro atoms. The molecule has 1 aromatic heterocycles. The van der Waals surface area contributed by atoms with E-state index in [1.165, 1.54) is 0 Å². The fourth-order valence-electron chi connectivity index (χ4n) is 2.54. The van der Waals surface area contributed by atoms with Crippen molar-refractivity contribution < 1.29 is 4.74 Å². The van der Waals surface area contributed by atoms with Crippen LogP contribution in [-0.4, -0.2) is 4.98 Å². The van der Waals surface area contributed by atoms with E-state index in [0.717, 1.165) is 33.5 Å². The highest BCUT2D eigenvalue weighted by molar-refractivity contribution is 5.89. The van der Waals surface area contributed by atoms with Crippen molar-refractivity contribution in [2.24, 2.45) is 0 Å². The minimum Gasteiger partial charge on any atom is -0.487 e. The lowest BCUT2D eigenvalue weighted by atomic mass is 10.1. The second-order valence-electron chi connectivity index (χ2n) is 5.02. The SMILES string of the molecule is Cc1[nH]c2c(OCc3ccccc3)cccc2c1CC#N.